The Labute approximate surface area is 215 Å². The number of nitrogens with one attached hydrogen (secondary N) is 1. The molecule has 1 amide bonds. The zero-order valence-electron chi connectivity index (χ0n) is 20.9. The fourth-order valence-electron chi connectivity index (χ4n) is 4.27. The van der Waals surface area contributed by atoms with E-state index < -0.39 is 12.0 Å². The predicted octanol–water partition coefficient (Wildman–Crippen LogP) is 4.17. The summed E-state index contributed by atoms with van der Waals surface area (Å²) >= 11 is 1.45. The maximum atomic E-state index is 13.3. The molecule has 4 rings (SSSR count). The van der Waals surface area contributed by atoms with Gasteiger partial charge in [0.15, 0.2) is 5.17 Å². The molecule has 2 aromatic rings. The topological polar surface area (TPSA) is 93.1 Å². The summed E-state index contributed by atoms with van der Waals surface area (Å²) in [4.78, 5) is 37.1. The van der Waals surface area contributed by atoms with Crippen molar-refractivity contribution in [3.63, 3.8) is 0 Å². The van der Waals surface area contributed by atoms with Crippen molar-refractivity contribution in [1.82, 2.24) is 15.2 Å². The number of hydrogen-bond acceptors (Lipinski definition) is 8. The van der Waals surface area contributed by atoms with Gasteiger partial charge >= 0.3 is 5.97 Å². The van der Waals surface area contributed by atoms with Crippen molar-refractivity contribution in [3.8, 4) is 0 Å². The van der Waals surface area contributed by atoms with Crippen LogP contribution in [0.4, 0.5) is 0 Å². The largest absolute Gasteiger partial charge is 0.460 e. The summed E-state index contributed by atoms with van der Waals surface area (Å²) in [6, 6.07) is 11.3. The Kier molecular flexibility index (Phi) is 8.22. The summed E-state index contributed by atoms with van der Waals surface area (Å²) in [7, 11) is 1.56. The van der Waals surface area contributed by atoms with E-state index in [2.05, 4.69) is 16.4 Å². The highest BCUT2D eigenvalue weighted by atomic mass is 32.2. The number of pyridine rings is 1. The number of hydrogen-bond donors (Lipinski definition) is 1. The van der Waals surface area contributed by atoms with Crippen molar-refractivity contribution in [2.24, 2.45) is 4.99 Å². The Hall–Kier alpha value is -3.43. The van der Waals surface area contributed by atoms with Gasteiger partial charge in [-0.2, -0.15) is 0 Å². The molecule has 0 saturated carbocycles. The number of carbonyl (C=O) groups is 2. The number of aromatic nitrogens is 1. The van der Waals surface area contributed by atoms with Crippen LogP contribution in [-0.4, -0.2) is 47.3 Å². The molecule has 1 N–H and O–H groups in total. The minimum atomic E-state index is -0.460. The Balaban J connectivity index is 1.62. The number of esters is 1. The SMILES string of the molecule is COCCOC(=O)C1=C(C)N=C2SC=C(CC(=O)NCc3ccccn3)N2[C@H]1c1ccc(C)cc1C. The van der Waals surface area contributed by atoms with Crippen molar-refractivity contribution in [1.29, 1.82) is 0 Å². The molecule has 0 fully saturated rings. The molecule has 1 aromatic heterocycles. The summed E-state index contributed by atoms with van der Waals surface area (Å²) in [6.45, 7) is 6.69. The Morgan fingerprint density at radius 1 is 1.14 bits per heavy atom. The van der Waals surface area contributed by atoms with Crippen LogP contribution in [0.5, 0.6) is 0 Å². The van der Waals surface area contributed by atoms with Gasteiger partial charge in [0.25, 0.3) is 0 Å². The molecule has 1 aromatic carbocycles. The normalized spacial score (nSPS) is 16.9. The Morgan fingerprint density at radius 3 is 2.69 bits per heavy atom. The van der Waals surface area contributed by atoms with Crippen molar-refractivity contribution in [3.05, 3.63) is 87.4 Å². The molecule has 0 bridgehead atoms. The number of allylic oxidation sites excluding steroid dienone is 1. The van der Waals surface area contributed by atoms with E-state index in [1.54, 1.807) is 13.3 Å². The van der Waals surface area contributed by atoms with E-state index in [9.17, 15) is 9.59 Å². The van der Waals surface area contributed by atoms with Gasteiger partial charge in [0.1, 0.15) is 6.61 Å². The molecule has 2 aliphatic rings. The first kappa shape index (κ1) is 25.7. The number of thioether (sulfide) groups is 1. The number of benzene rings is 1. The molecule has 0 radical (unpaired) electrons. The molecule has 0 aliphatic carbocycles. The average molecular weight is 507 g/mol. The van der Waals surface area contributed by atoms with E-state index >= 15 is 0 Å². The lowest BCUT2D eigenvalue weighted by Crippen LogP contribution is -2.38. The van der Waals surface area contributed by atoms with Gasteiger partial charge in [0, 0.05) is 19.0 Å². The highest BCUT2D eigenvalue weighted by Gasteiger charge is 2.41. The van der Waals surface area contributed by atoms with E-state index in [0.717, 1.165) is 33.2 Å². The van der Waals surface area contributed by atoms with Crippen LogP contribution in [0.2, 0.25) is 0 Å². The summed E-state index contributed by atoms with van der Waals surface area (Å²) in [5, 5.41) is 5.60. The summed E-state index contributed by atoms with van der Waals surface area (Å²) < 4.78 is 10.6. The Bertz CT molecular complexity index is 1240. The number of aryl methyl sites for hydroxylation is 2. The third-order valence-corrected chi connectivity index (χ3v) is 6.88. The van der Waals surface area contributed by atoms with Gasteiger partial charge in [-0.1, -0.05) is 41.6 Å². The molecular weight excluding hydrogens is 476 g/mol. The van der Waals surface area contributed by atoms with Crippen LogP contribution in [0.15, 0.2) is 70.0 Å². The van der Waals surface area contributed by atoms with Crippen molar-refractivity contribution >= 4 is 28.8 Å². The van der Waals surface area contributed by atoms with Gasteiger partial charge in [-0.3, -0.25) is 9.78 Å². The maximum Gasteiger partial charge on any atom is 0.338 e. The monoisotopic (exact) mass is 506 g/mol. The number of amides is 1. The molecule has 9 heteroatoms. The van der Waals surface area contributed by atoms with Crippen LogP contribution in [-0.2, 0) is 25.6 Å². The van der Waals surface area contributed by atoms with E-state index in [4.69, 9.17) is 14.5 Å². The molecular formula is C27H30N4O4S. The lowest BCUT2D eigenvalue weighted by molar-refractivity contribution is -0.141. The fourth-order valence-corrected chi connectivity index (χ4v) is 5.24. The number of methoxy groups -OCH3 is 1. The molecule has 0 spiro atoms. The summed E-state index contributed by atoms with van der Waals surface area (Å²) in [5.41, 5.74) is 5.77. The number of amidine groups is 1. The second-order valence-corrected chi connectivity index (χ2v) is 9.49. The van der Waals surface area contributed by atoms with Crippen LogP contribution in [0.3, 0.4) is 0 Å². The minimum Gasteiger partial charge on any atom is -0.460 e. The van der Waals surface area contributed by atoms with Crippen molar-refractivity contribution in [2.45, 2.75) is 39.8 Å². The van der Waals surface area contributed by atoms with Crippen LogP contribution in [0.1, 0.15) is 41.8 Å². The van der Waals surface area contributed by atoms with Gasteiger partial charge in [0.05, 0.1) is 42.6 Å². The third-order valence-electron chi connectivity index (χ3n) is 6.00. The van der Waals surface area contributed by atoms with E-state index in [1.165, 1.54) is 11.8 Å². The van der Waals surface area contributed by atoms with Gasteiger partial charge in [0.2, 0.25) is 5.91 Å². The fraction of sp³-hybridized carbons (Fsp3) is 0.333. The number of fused-ring (bicyclic) bond motifs is 1. The highest BCUT2D eigenvalue weighted by molar-refractivity contribution is 8.16. The predicted molar refractivity (Wildman–Crippen MR) is 140 cm³/mol. The molecule has 1 atom stereocenters. The van der Waals surface area contributed by atoms with Crippen molar-refractivity contribution < 1.29 is 19.1 Å². The second kappa shape index (κ2) is 11.5. The summed E-state index contributed by atoms with van der Waals surface area (Å²) in [6.07, 6.45) is 1.84. The molecule has 0 unspecified atom stereocenters. The average Bonchev–Trinajstić information content (AvgIpc) is 3.24. The maximum absolute atomic E-state index is 13.3. The first-order chi connectivity index (χ1) is 17.4. The summed E-state index contributed by atoms with van der Waals surface area (Å²) in [5.74, 6) is -0.572. The minimum absolute atomic E-state index is 0.136. The number of aliphatic imine (C=N–C) groups is 1. The van der Waals surface area contributed by atoms with E-state index in [1.807, 2.05) is 61.4 Å². The second-order valence-electron chi connectivity index (χ2n) is 8.66. The number of rotatable bonds is 9. The zero-order valence-corrected chi connectivity index (χ0v) is 21.7. The van der Waals surface area contributed by atoms with Gasteiger partial charge in [-0.15, -0.1) is 0 Å². The lowest BCUT2D eigenvalue weighted by Gasteiger charge is -2.37. The van der Waals surface area contributed by atoms with E-state index in [0.29, 0.717) is 24.4 Å². The Morgan fingerprint density at radius 2 is 1.97 bits per heavy atom. The number of nitrogens with zero attached hydrogens (tertiary/aromatic N) is 3. The zero-order chi connectivity index (χ0) is 25.7. The van der Waals surface area contributed by atoms with Crippen LogP contribution in [0, 0.1) is 13.8 Å². The first-order valence-corrected chi connectivity index (χ1v) is 12.6. The molecule has 3 heterocycles. The lowest BCUT2D eigenvalue weighted by atomic mass is 9.90. The van der Waals surface area contributed by atoms with Crippen LogP contribution >= 0.6 is 11.8 Å². The quantitative estimate of drug-likeness (QED) is 0.403. The standard InChI is InChI=1S/C27H30N4O4S/c1-17-8-9-22(18(2)13-17)25-24(26(33)35-12-11-34-4)19(3)30-27-31(25)21(16-36-27)14-23(32)29-15-20-7-5-6-10-28-20/h5-10,13,16,25H,11-12,14-15H2,1-4H3,(H,29,32)/t25-/m0/s1. The number of ether oxygens (including phenoxy) is 2. The number of carbonyl (C=O) groups excluding carboxylic acids is 2. The van der Waals surface area contributed by atoms with Crippen LogP contribution in [0.25, 0.3) is 0 Å². The van der Waals surface area contributed by atoms with Gasteiger partial charge in [-0.25, -0.2) is 9.79 Å². The third kappa shape index (κ3) is 5.68. The van der Waals surface area contributed by atoms with Gasteiger partial charge < -0.3 is 19.7 Å². The molecule has 8 nitrogen and oxygen atoms in total. The smallest absolute Gasteiger partial charge is 0.338 e. The molecule has 0 saturated heterocycles. The van der Waals surface area contributed by atoms with Crippen molar-refractivity contribution in [2.75, 3.05) is 20.3 Å². The van der Waals surface area contributed by atoms with E-state index in [-0.39, 0.29) is 18.9 Å². The highest BCUT2D eigenvalue weighted by Crippen LogP contribution is 2.45. The van der Waals surface area contributed by atoms with Crippen LogP contribution < -0.4 is 5.32 Å². The molecule has 188 valence electrons. The van der Waals surface area contributed by atoms with Gasteiger partial charge in [-0.05, 0) is 49.4 Å². The molecule has 36 heavy (non-hydrogen) atoms. The first-order valence-electron chi connectivity index (χ1n) is 11.7. The molecule has 2 aliphatic heterocycles.